The van der Waals surface area contributed by atoms with Gasteiger partial charge in [-0.3, -0.25) is 0 Å². The molecule has 1 aliphatic rings. The van der Waals surface area contributed by atoms with E-state index < -0.39 is 10.0 Å². The third-order valence-electron chi connectivity index (χ3n) is 2.89. The first kappa shape index (κ1) is 12.9. The Morgan fingerprint density at radius 2 is 2.13 bits per heavy atom. The van der Waals surface area contributed by atoms with Crippen LogP contribution < -0.4 is 5.32 Å². The quantitative estimate of drug-likeness (QED) is 0.716. The molecule has 0 radical (unpaired) electrons. The standard InChI is InChI=1S/C10H22N2O2S/c1-3-11-7-9-15(13,14)12-8-5-4-6-10(12)2/h10-11H,3-9H2,1-2H3. The van der Waals surface area contributed by atoms with Crippen LogP contribution in [0.25, 0.3) is 0 Å². The van der Waals surface area contributed by atoms with Crippen molar-refractivity contribution in [3.8, 4) is 0 Å². The van der Waals surface area contributed by atoms with E-state index in [1.807, 2.05) is 13.8 Å². The van der Waals surface area contributed by atoms with Crippen molar-refractivity contribution in [1.29, 1.82) is 0 Å². The van der Waals surface area contributed by atoms with Crippen LogP contribution in [-0.4, -0.2) is 44.2 Å². The average molecular weight is 234 g/mol. The van der Waals surface area contributed by atoms with Crippen molar-refractivity contribution in [1.82, 2.24) is 9.62 Å². The topological polar surface area (TPSA) is 49.4 Å². The lowest BCUT2D eigenvalue weighted by Gasteiger charge is -2.32. The minimum Gasteiger partial charge on any atom is -0.316 e. The van der Waals surface area contributed by atoms with Crippen LogP contribution in [0.15, 0.2) is 0 Å². The van der Waals surface area contributed by atoms with Crippen LogP contribution >= 0.6 is 0 Å². The van der Waals surface area contributed by atoms with Crippen molar-refractivity contribution >= 4 is 10.0 Å². The van der Waals surface area contributed by atoms with Gasteiger partial charge in [0.15, 0.2) is 0 Å². The molecule has 5 heteroatoms. The normalized spacial score (nSPS) is 24.3. The molecule has 1 rings (SSSR count). The lowest BCUT2D eigenvalue weighted by atomic mass is 10.1. The molecular formula is C10H22N2O2S. The first-order valence-corrected chi connectivity index (χ1v) is 7.39. The van der Waals surface area contributed by atoms with Crippen molar-refractivity contribution < 1.29 is 8.42 Å². The molecule has 4 nitrogen and oxygen atoms in total. The highest BCUT2D eigenvalue weighted by atomic mass is 32.2. The van der Waals surface area contributed by atoms with Crippen molar-refractivity contribution in [3.63, 3.8) is 0 Å². The fourth-order valence-electron chi connectivity index (χ4n) is 1.98. The second-order valence-electron chi connectivity index (χ2n) is 4.13. The van der Waals surface area contributed by atoms with Gasteiger partial charge in [-0.15, -0.1) is 0 Å². The maximum absolute atomic E-state index is 12.0. The summed E-state index contributed by atoms with van der Waals surface area (Å²) in [6.07, 6.45) is 3.16. The van der Waals surface area contributed by atoms with Gasteiger partial charge in [-0.2, -0.15) is 4.31 Å². The summed E-state index contributed by atoms with van der Waals surface area (Å²) in [6, 6.07) is 0.186. The molecule has 15 heavy (non-hydrogen) atoms. The van der Waals surface area contributed by atoms with Crippen LogP contribution in [0.1, 0.15) is 33.1 Å². The zero-order valence-electron chi connectivity index (χ0n) is 9.70. The predicted octanol–water partition coefficient (Wildman–Crippen LogP) is 0.800. The largest absolute Gasteiger partial charge is 0.316 e. The Hall–Kier alpha value is -0.130. The summed E-state index contributed by atoms with van der Waals surface area (Å²) in [5.41, 5.74) is 0. The van der Waals surface area contributed by atoms with Gasteiger partial charge in [0.25, 0.3) is 0 Å². The molecule has 0 amide bonds. The maximum atomic E-state index is 12.0. The van der Waals surface area contributed by atoms with Crippen molar-refractivity contribution in [3.05, 3.63) is 0 Å². The van der Waals surface area contributed by atoms with Crippen LogP contribution in [0.2, 0.25) is 0 Å². The number of hydrogen-bond donors (Lipinski definition) is 1. The Labute approximate surface area is 93.1 Å². The van der Waals surface area contributed by atoms with E-state index in [-0.39, 0.29) is 11.8 Å². The van der Waals surface area contributed by atoms with Gasteiger partial charge in [0, 0.05) is 19.1 Å². The van der Waals surface area contributed by atoms with E-state index in [9.17, 15) is 8.42 Å². The van der Waals surface area contributed by atoms with Crippen molar-refractivity contribution in [2.45, 2.75) is 39.2 Å². The van der Waals surface area contributed by atoms with Crippen molar-refractivity contribution in [2.75, 3.05) is 25.4 Å². The van der Waals surface area contributed by atoms with Gasteiger partial charge in [0.1, 0.15) is 0 Å². The smallest absolute Gasteiger partial charge is 0.215 e. The molecule has 0 aliphatic carbocycles. The molecule has 1 fully saturated rings. The zero-order chi connectivity index (χ0) is 11.3. The van der Waals surface area contributed by atoms with Gasteiger partial charge in [-0.25, -0.2) is 8.42 Å². The SMILES string of the molecule is CCNCCS(=O)(=O)N1CCCCC1C. The Morgan fingerprint density at radius 3 is 2.73 bits per heavy atom. The summed E-state index contributed by atoms with van der Waals surface area (Å²) in [7, 11) is -3.03. The molecular weight excluding hydrogens is 212 g/mol. The minimum atomic E-state index is -3.03. The minimum absolute atomic E-state index is 0.186. The highest BCUT2D eigenvalue weighted by Crippen LogP contribution is 2.19. The van der Waals surface area contributed by atoms with Gasteiger partial charge in [0.05, 0.1) is 5.75 Å². The molecule has 1 N–H and O–H groups in total. The third-order valence-corrected chi connectivity index (χ3v) is 4.86. The van der Waals surface area contributed by atoms with E-state index >= 15 is 0 Å². The second kappa shape index (κ2) is 5.82. The van der Waals surface area contributed by atoms with Crippen molar-refractivity contribution in [2.24, 2.45) is 0 Å². The molecule has 0 aromatic heterocycles. The third kappa shape index (κ3) is 3.74. The number of sulfonamides is 1. The second-order valence-corrected chi connectivity index (χ2v) is 6.17. The highest BCUT2D eigenvalue weighted by Gasteiger charge is 2.28. The molecule has 1 unspecified atom stereocenters. The van der Waals surface area contributed by atoms with Crippen LogP contribution in [-0.2, 0) is 10.0 Å². The van der Waals surface area contributed by atoms with Gasteiger partial charge >= 0.3 is 0 Å². The number of rotatable bonds is 5. The molecule has 0 spiro atoms. The summed E-state index contributed by atoms with van der Waals surface area (Å²) in [5, 5.41) is 3.05. The predicted molar refractivity (Wildman–Crippen MR) is 62.3 cm³/mol. The summed E-state index contributed by atoms with van der Waals surface area (Å²) >= 11 is 0. The van der Waals surface area contributed by atoms with Gasteiger partial charge in [-0.05, 0) is 26.3 Å². The van der Waals surface area contributed by atoms with E-state index in [0.717, 1.165) is 25.8 Å². The molecule has 0 bridgehead atoms. The van der Waals surface area contributed by atoms with Gasteiger partial charge in [-0.1, -0.05) is 13.3 Å². The van der Waals surface area contributed by atoms with Crippen LogP contribution in [0.4, 0.5) is 0 Å². The van der Waals surface area contributed by atoms with E-state index in [1.54, 1.807) is 4.31 Å². The van der Waals surface area contributed by atoms with Crippen LogP contribution in [0, 0.1) is 0 Å². The molecule has 0 saturated carbocycles. The van der Waals surface area contributed by atoms with E-state index in [4.69, 9.17) is 0 Å². The summed E-state index contributed by atoms with van der Waals surface area (Å²) in [6.45, 7) is 6.07. The monoisotopic (exact) mass is 234 g/mol. The Kier molecular flexibility index (Phi) is 5.02. The Bertz CT molecular complexity index is 277. The molecule has 1 saturated heterocycles. The van der Waals surface area contributed by atoms with E-state index in [1.165, 1.54) is 0 Å². The van der Waals surface area contributed by atoms with Gasteiger partial charge in [0.2, 0.25) is 10.0 Å². The van der Waals surface area contributed by atoms with E-state index in [0.29, 0.717) is 13.1 Å². The summed E-state index contributed by atoms with van der Waals surface area (Å²) < 4.78 is 25.6. The molecule has 0 aromatic carbocycles. The zero-order valence-corrected chi connectivity index (χ0v) is 10.5. The summed E-state index contributed by atoms with van der Waals surface area (Å²) in [4.78, 5) is 0. The number of hydrogen-bond acceptors (Lipinski definition) is 3. The Balaban J connectivity index is 2.51. The number of piperidine rings is 1. The highest BCUT2D eigenvalue weighted by molar-refractivity contribution is 7.89. The first-order chi connectivity index (χ1) is 7.08. The Morgan fingerprint density at radius 1 is 1.40 bits per heavy atom. The number of nitrogens with zero attached hydrogens (tertiary/aromatic N) is 1. The maximum Gasteiger partial charge on any atom is 0.215 e. The fraction of sp³-hybridized carbons (Fsp3) is 1.00. The van der Waals surface area contributed by atoms with Crippen LogP contribution in [0.3, 0.4) is 0 Å². The average Bonchev–Trinajstić information content (AvgIpc) is 2.18. The lowest BCUT2D eigenvalue weighted by Crippen LogP contribution is -2.44. The van der Waals surface area contributed by atoms with Crippen LogP contribution in [0.5, 0.6) is 0 Å². The molecule has 0 aromatic rings. The van der Waals surface area contributed by atoms with Gasteiger partial charge < -0.3 is 5.32 Å². The lowest BCUT2D eigenvalue weighted by molar-refractivity contribution is 0.268. The molecule has 1 atom stereocenters. The summed E-state index contributed by atoms with van der Waals surface area (Å²) in [5.74, 6) is 0.227. The fourth-order valence-corrected chi connectivity index (χ4v) is 3.68. The molecule has 1 heterocycles. The first-order valence-electron chi connectivity index (χ1n) is 5.78. The molecule has 1 aliphatic heterocycles. The van der Waals surface area contributed by atoms with E-state index in [2.05, 4.69) is 5.32 Å². The number of nitrogens with one attached hydrogen (secondary N) is 1. The molecule has 90 valence electrons.